The average molecular weight is 758 g/mol. The fourth-order valence-electron chi connectivity index (χ4n) is 5.31. The van der Waals surface area contributed by atoms with Gasteiger partial charge in [0.15, 0.2) is 0 Å². The zero-order valence-electron chi connectivity index (χ0n) is 31.4. The van der Waals surface area contributed by atoms with Crippen molar-refractivity contribution in [1.29, 1.82) is 0 Å². The number of primary amides is 1. The molecule has 15 heteroatoms. The third kappa shape index (κ3) is 16.7. The van der Waals surface area contributed by atoms with Gasteiger partial charge in [-0.25, -0.2) is 4.79 Å². The molecule has 14 nitrogen and oxygen atoms in total. The molecule has 6 N–H and O–H groups in total. The van der Waals surface area contributed by atoms with Crippen molar-refractivity contribution in [3.8, 4) is 5.75 Å². The van der Waals surface area contributed by atoms with E-state index in [2.05, 4.69) is 15.4 Å². The Balaban J connectivity index is 2.09. The van der Waals surface area contributed by atoms with Crippen molar-refractivity contribution in [2.24, 2.45) is 17.4 Å². The first-order valence-electron chi connectivity index (χ1n) is 17.7. The molecule has 0 radical (unpaired) electrons. The Morgan fingerprint density at radius 3 is 2.28 bits per heavy atom. The lowest BCUT2D eigenvalue weighted by Crippen LogP contribution is -2.55. The maximum Gasteiger partial charge on any atom is 0.513 e. The molecule has 53 heavy (non-hydrogen) atoms. The van der Waals surface area contributed by atoms with Gasteiger partial charge < -0.3 is 41.2 Å². The van der Waals surface area contributed by atoms with E-state index >= 15 is 0 Å². The van der Waals surface area contributed by atoms with Gasteiger partial charge in [-0.1, -0.05) is 56.7 Å². The summed E-state index contributed by atoms with van der Waals surface area (Å²) < 4.78 is 15.0. The van der Waals surface area contributed by atoms with Crippen LogP contribution in [0, 0.1) is 12.8 Å². The molecule has 4 amide bonds. The molecule has 292 valence electrons. The number of ether oxygens (including phenoxy) is 3. The third-order valence-electron chi connectivity index (χ3n) is 8.29. The topological polar surface area (TPSA) is 209 Å². The summed E-state index contributed by atoms with van der Waals surface area (Å²) >= 11 is 1.49. The van der Waals surface area contributed by atoms with Crippen molar-refractivity contribution in [2.75, 3.05) is 38.8 Å². The molecule has 0 heterocycles. The van der Waals surface area contributed by atoms with E-state index in [4.69, 9.17) is 20.9 Å². The van der Waals surface area contributed by atoms with Crippen molar-refractivity contribution >= 4 is 47.5 Å². The van der Waals surface area contributed by atoms with Crippen molar-refractivity contribution < 1.29 is 43.0 Å². The van der Waals surface area contributed by atoms with E-state index in [1.807, 2.05) is 50.4 Å². The zero-order valence-corrected chi connectivity index (χ0v) is 32.2. The van der Waals surface area contributed by atoms with Crippen molar-refractivity contribution in [2.45, 2.75) is 83.8 Å². The molecule has 2 aromatic carbocycles. The minimum atomic E-state index is -1.01. The van der Waals surface area contributed by atoms with Gasteiger partial charge >= 0.3 is 12.1 Å². The number of aryl methyl sites for hydroxylation is 1. The van der Waals surface area contributed by atoms with Crippen LogP contribution in [0.25, 0.3) is 0 Å². The first kappa shape index (κ1) is 44.5. The number of unbranched alkanes of at least 4 members (excludes halogenated alkanes) is 2. The minimum Gasteiger partial charge on any atom is -0.469 e. The molecule has 3 atom stereocenters. The SMILES string of the molecule is COC(=O)CCCCCN(C(=O)CNC(=O)[C@@H](CCSC)NC(=O)[C@@H](N)Cc1ccc(OC(=O)OCC(C)C)cc1C)[C@@H](Cc1ccccc1)C(N)=O. The third-order valence-corrected chi connectivity index (χ3v) is 8.93. The van der Waals surface area contributed by atoms with Gasteiger partial charge in [0.25, 0.3) is 0 Å². The van der Waals surface area contributed by atoms with Crippen LogP contribution in [0.5, 0.6) is 5.75 Å². The number of nitrogens with two attached hydrogens (primary N) is 2. The summed E-state index contributed by atoms with van der Waals surface area (Å²) in [6.45, 7) is 5.59. The highest BCUT2D eigenvalue weighted by Crippen LogP contribution is 2.19. The summed E-state index contributed by atoms with van der Waals surface area (Å²) in [6, 6.07) is 11.1. The van der Waals surface area contributed by atoms with Crippen LogP contribution in [0.1, 0.15) is 62.6 Å². The highest BCUT2D eigenvalue weighted by molar-refractivity contribution is 7.98. The van der Waals surface area contributed by atoms with Gasteiger partial charge in [-0.2, -0.15) is 11.8 Å². The van der Waals surface area contributed by atoms with Crippen molar-refractivity contribution in [3.05, 3.63) is 65.2 Å². The van der Waals surface area contributed by atoms with E-state index in [9.17, 15) is 28.8 Å². The minimum absolute atomic E-state index is 0.148. The van der Waals surface area contributed by atoms with Crippen LogP contribution >= 0.6 is 11.8 Å². The van der Waals surface area contributed by atoms with E-state index in [0.717, 1.165) is 16.7 Å². The van der Waals surface area contributed by atoms with E-state index in [0.29, 0.717) is 30.8 Å². The molecule has 0 saturated heterocycles. The number of rotatable bonds is 23. The maximum absolute atomic E-state index is 13.6. The molecular weight excluding hydrogens is 703 g/mol. The van der Waals surface area contributed by atoms with E-state index in [1.54, 1.807) is 25.1 Å². The van der Waals surface area contributed by atoms with Gasteiger partial charge in [-0.3, -0.25) is 24.0 Å². The summed E-state index contributed by atoms with van der Waals surface area (Å²) in [4.78, 5) is 77.8. The summed E-state index contributed by atoms with van der Waals surface area (Å²) in [6.07, 6.45) is 3.52. The Kier molecular flexibility index (Phi) is 20.0. The second kappa shape index (κ2) is 23.8. The number of esters is 1. The molecule has 2 aromatic rings. The van der Waals surface area contributed by atoms with Crippen molar-refractivity contribution in [1.82, 2.24) is 15.5 Å². The Bertz CT molecular complexity index is 1510. The lowest BCUT2D eigenvalue weighted by Gasteiger charge is -2.30. The molecule has 0 spiro atoms. The number of carbonyl (C=O) groups excluding carboxylic acids is 6. The second-order valence-corrected chi connectivity index (χ2v) is 14.1. The van der Waals surface area contributed by atoms with Gasteiger partial charge in [-0.15, -0.1) is 0 Å². The van der Waals surface area contributed by atoms with Crippen LogP contribution in [-0.2, 0) is 46.3 Å². The molecule has 2 rings (SSSR count). The number of hydrogen-bond acceptors (Lipinski definition) is 11. The number of carbonyl (C=O) groups is 6. The van der Waals surface area contributed by atoms with Gasteiger partial charge in [0.2, 0.25) is 23.6 Å². The highest BCUT2D eigenvalue weighted by Gasteiger charge is 2.30. The zero-order chi connectivity index (χ0) is 39.3. The molecule has 0 aliphatic rings. The number of nitrogens with zero attached hydrogens (tertiary/aromatic N) is 1. The largest absolute Gasteiger partial charge is 0.513 e. The van der Waals surface area contributed by atoms with Crippen LogP contribution in [0.2, 0.25) is 0 Å². The number of hydrogen-bond donors (Lipinski definition) is 4. The number of benzene rings is 2. The number of thioether (sulfide) groups is 1. The predicted octanol–water partition coefficient (Wildman–Crippen LogP) is 3.05. The molecule has 0 unspecified atom stereocenters. The summed E-state index contributed by atoms with van der Waals surface area (Å²) in [5, 5.41) is 5.36. The maximum atomic E-state index is 13.6. The van der Waals surface area contributed by atoms with Crippen LogP contribution in [-0.4, -0.2) is 97.6 Å². The highest BCUT2D eigenvalue weighted by atomic mass is 32.2. The number of amides is 4. The van der Waals surface area contributed by atoms with Crippen molar-refractivity contribution in [3.63, 3.8) is 0 Å². The standard InChI is InChI=1S/C38H55N5O9S/c1-25(2)24-51-38(49)52-29-16-15-28(26(3)20-29)22-30(39)36(47)42-31(17-19-53-5)37(48)41-23-33(44)43(18-11-7-10-14-34(45)50-4)32(35(40)46)21-27-12-8-6-9-13-27/h6,8-9,12-13,15-16,20,25,30-32H,7,10-11,14,17-19,21-24,39H2,1-5H3,(H2,40,46)(H,41,48)(H,42,47)/t30-,31+,32-/m0/s1. The first-order valence-corrected chi connectivity index (χ1v) is 19.1. The molecule has 0 bridgehead atoms. The molecule has 0 aliphatic heterocycles. The molecule has 0 aliphatic carbocycles. The Labute approximate surface area is 316 Å². The summed E-state index contributed by atoms with van der Waals surface area (Å²) in [7, 11) is 1.32. The Morgan fingerprint density at radius 2 is 1.66 bits per heavy atom. The molecule has 0 aromatic heterocycles. The number of methoxy groups -OCH3 is 1. The fourth-order valence-corrected chi connectivity index (χ4v) is 5.78. The average Bonchev–Trinajstić information content (AvgIpc) is 3.13. The molecular formula is C38H55N5O9S. The summed E-state index contributed by atoms with van der Waals surface area (Å²) in [5.41, 5.74) is 14.4. The van der Waals surface area contributed by atoms with Gasteiger partial charge in [0, 0.05) is 19.4 Å². The van der Waals surface area contributed by atoms with Gasteiger partial charge in [-0.05, 0) is 79.4 Å². The van der Waals surface area contributed by atoms with Crippen LogP contribution < -0.4 is 26.8 Å². The lowest BCUT2D eigenvalue weighted by atomic mass is 10.0. The van der Waals surface area contributed by atoms with Crippen LogP contribution in [0.15, 0.2) is 48.5 Å². The quantitative estimate of drug-likeness (QED) is 0.0736. The van der Waals surface area contributed by atoms with E-state index in [1.165, 1.54) is 23.8 Å². The predicted molar refractivity (Wildman–Crippen MR) is 203 cm³/mol. The Morgan fingerprint density at radius 1 is 0.943 bits per heavy atom. The summed E-state index contributed by atoms with van der Waals surface area (Å²) in [5.74, 6) is -1.68. The van der Waals surface area contributed by atoms with Crippen LogP contribution in [0.3, 0.4) is 0 Å². The number of nitrogens with one attached hydrogen (secondary N) is 2. The van der Waals surface area contributed by atoms with Gasteiger partial charge in [0.05, 0.1) is 26.3 Å². The first-order chi connectivity index (χ1) is 25.2. The molecule has 0 fully saturated rings. The molecule has 0 saturated carbocycles. The Hall–Kier alpha value is -4.63. The van der Waals surface area contributed by atoms with Gasteiger partial charge in [0.1, 0.15) is 17.8 Å². The van der Waals surface area contributed by atoms with E-state index < -0.39 is 54.5 Å². The smallest absolute Gasteiger partial charge is 0.469 e. The van der Waals surface area contributed by atoms with Crippen LogP contribution in [0.4, 0.5) is 4.79 Å². The monoisotopic (exact) mass is 757 g/mol. The van der Waals surface area contributed by atoms with E-state index in [-0.39, 0.29) is 50.7 Å². The second-order valence-electron chi connectivity index (χ2n) is 13.1. The fraction of sp³-hybridized carbons (Fsp3) is 0.526. The normalized spacial score (nSPS) is 12.6. The lowest BCUT2D eigenvalue weighted by molar-refractivity contribution is -0.141.